The summed E-state index contributed by atoms with van der Waals surface area (Å²) in [6.45, 7) is 1.13. The van der Waals surface area contributed by atoms with Gasteiger partial charge in [0.2, 0.25) is 5.88 Å². The van der Waals surface area contributed by atoms with E-state index >= 15 is 0 Å². The molecule has 1 N–H and O–H groups in total. The van der Waals surface area contributed by atoms with E-state index in [-0.39, 0.29) is 27.7 Å². The Bertz CT molecular complexity index is 1260. The van der Waals surface area contributed by atoms with Crippen molar-refractivity contribution in [1.82, 2.24) is 14.8 Å². The minimum absolute atomic E-state index is 0.0935. The Morgan fingerprint density at radius 2 is 1.91 bits per heavy atom. The van der Waals surface area contributed by atoms with Gasteiger partial charge in [-0.1, -0.05) is 11.6 Å². The zero-order valence-electron chi connectivity index (χ0n) is 17.8. The molecule has 1 aliphatic heterocycles. The summed E-state index contributed by atoms with van der Waals surface area (Å²) in [4.78, 5) is 16.8. The molecule has 1 aliphatic rings. The Hall–Kier alpha value is -3.16. The first-order valence-corrected chi connectivity index (χ1v) is 11.9. The molecule has 1 saturated heterocycles. The number of ether oxygens (including phenoxy) is 3. The van der Waals surface area contributed by atoms with Gasteiger partial charge in [0.05, 0.1) is 42.2 Å². The monoisotopic (exact) mass is 530 g/mol. The molecule has 0 saturated carbocycles. The van der Waals surface area contributed by atoms with Crippen LogP contribution >= 0.6 is 11.6 Å². The Kier molecular flexibility index (Phi) is 7.57. The summed E-state index contributed by atoms with van der Waals surface area (Å²) >= 11 is 6.23. The number of alkyl halides is 3. The van der Waals surface area contributed by atoms with Crippen LogP contribution in [0, 0.1) is 0 Å². The lowest BCUT2D eigenvalue weighted by Gasteiger charge is -2.22. The van der Waals surface area contributed by atoms with Crippen LogP contribution in [0.15, 0.2) is 53.6 Å². The van der Waals surface area contributed by atoms with Crippen LogP contribution in [0.2, 0.25) is 5.02 Å². The zero-order valence-corrected chi connectivity index (χ0v) is 19.4. The maximum Gasteiger partial charge on any atom is 0.573 e. The molecule has 3 aromatic rings. The minimum atomic E-state index is -4.78. The van der Waals surface area contributed by atoms with Crippen LogP contribution in [0.25, 0.3) is 5.69 Å². The van der Waals surface area contributed by atoms with Crippen molar-refractivity contribution in [3.05, 3.63) is 64.2 Å². The number of pyridine rings is 1. The number of aromatic nitrogens is 3. The average Bonchev–Trinajstić information content (AvgIpc) is 2.82. The molecule has 4 rings (SSSR count). The molecule has 2 unspecified atom stereocenters. The SMILES string of the molecule is O=c1c(Cl)c(NCC2COCCS2=O)cnn1-c1ccc(Oc2ccc(OC(F)(F)F)cc2)nc1. The van der Waals surface area contributed by atoms with E-state index in [1.165, 1.54) is 36.7 Å². The van der Waals surface area contributed by atoms with Gasteiger partial charge in [-0.15, -0.1) is 13.2 Å². The first kappa shape index (κ1) is 24.9. The molecule has 0 bridgehead atoms. The average molecular weight is 531 g/mol. The van der Waals surface area contributed by atoms with E-state index in [1.807, 2.05) is 0 Å². The number of nitrogens with zero attached hydrogens (tertiary/aromatic N) is 3. The quantitative estimate of drug-likeness (QED) is 0.495. The topological polar surface area (TPSA) is 105 Å². The Morgan fingerprint density at radius 1 is 1.17 bits per heavy atom. The lowest BCUT2D eigenvalue weighted by molar-refractivity contribution is -0.274. The second kappa shape index (κ2) is 10.6. The van der Waals surface area contributed by atoms with Crippen molar-refractivity contribution in [1.29, 1.82) is 0 Å². The normalized spacial score (nSPS) is 18.2. The number of anilines is 1. The van der Waals surface area contributed by atoms with Crippen molar-refractivity contribution in [3.63, 3.8) is 0 Å². The third-order valence-corrected chi connectivity index (χ3v) is 6.77. The van der Waals surface area contributed by atoms with Crippen LogP contribution in [-0.2, 0) is 15.5 Å². The van der Waals surface area contributed by atoms with Gasteiger partial charge in [0.15, 0.2) is 0 Å². The van der Waals surface area contributed by atoms with Crippen molar-refractivity contribution >= 4 is 28.1 Å². The molecule has 1 aromatic carbocycles. The van der Waals surface area contributed by atoms with E-state index in [4.69, 9.17) is 21.1 Å². The molecule has 2 atom stereocenters. The number of benzene rings is 1. The predicted octanol–water partition coefficient (Wildman–Crippen LogP) is 3.53. The number of rotatable bonds is 7. The number of halogens is 4. The fourth-order valence-corrected chi connectivity index (χ4v) is 4.43. The lowest BCUT2D eigenvalue weighted by Crippen LogP contribution is -2.37. The first-order chi connectivity index (χ1) is 16.7. The van der Waals surface area contributed by atoms with E-state index in [2.05, 4.69) is 20.1 Å². The van der Waals surface area contributed by atoms with E-state index in [0.717, 1.165) is 16.8 Å². The van der Waals surface area contributed by atoms with Gasteiger partial charge in [-0.25, -0.2) is 4.98 Å². The van der Waals surface area contributed by atoms with Crippen molar-refractivity contribution in [2.75, 3.05) is 30.8 Å². The van der Waals surface area contributed by atoms with E-state index < -0.39 is 22.7 Å². The highest BCUT2D eigenvalue weighted by atomic mass is 35.5. The maximum absolute atomic E-state index is 12.7. The standard InChI is InChI=1S/C21H18ClF3N4O5S/c22-19-17(26-10-16-12-32-7-8-35(16)31)11-28-29(20(19)30)13-1-6-18(27-9-13)33-14-2-4-15(5-3-14)34-21(23,24)25/h1-6,9,11,16,26H,7-8,10,12H2. The molecule has 0 amide bonds. The molecule has 3 heterocycles. The Labute approximate surface area is 204 Å². The fourth-order valence-electron chi connectivity index (χ4n) is 3.10. The number of hydrogen-bond acceptors (Lipinski definition) is 8. The van der Waals surface area contributed by atoms with Gasteiger partial charge >= 0.3 is 6.36 Å². The van der Waals surface area contributed by atoms with Crippen LogP contribution < -0.4 is 20.3 Å². The molecule has 0 spiro atoms. The summed E-state index contributed by atoms with van der Waals surface area (Å²) in [6, 6.07) is 7.78. The van der Waals surface area contributed by atoms with E-state index in [0.29, 0.717) is 36.9 Å². The maximum atomic E-state index is 12.7. The van der Waals surface area contributed by atoms with Gasteiger partial charge in [-0.2, -0.15) is 9.78 Å². The van der Waals surface area contributed by atoms with Crippen molar-refractivity contribution in [2.24, 2.45) is 0 Å². The second-order valence-electron chi connectivity index (χ2n) is 7.23. The van der Waals surface area contributed by atoms with Gasteiger partial charge < -0.3 is 19.5 Å². The zero-order chi connectivity index (χ0) is 25.0. The van der Waals surface area contributed by atoms with Crippen LogP contribution in [-0.4, -0.2) is 56.1 Å². The van der Waals surface area contributed by atoms with Gasteiger partial charge in [0.25, 0.3) is 5.56 Å². The van der Waals surface area contributed by atoms with Gasteiger partial charge in [0.1, 0.15) is 16.5 Å². The molecule has 14 heteroatoms. The highest BCUT2D eigenvalue weighted by Crippen LogP contribution is 2.27. The smallest absolute Gasteiger partial charge is 0.439 e. The molecule has 2 aromatic heterocycles. The molecule has 0 radical (unpaired) electrons. The second-order valence-corrected chi connectivity index (χ2v) is 9.44. The Balaban J connectivity index is 1.41. The van der Waals surface area contributed by atoms with Crippen LogP contribution in [0.5, 0.6) is 17.4 Å². The molecule has 9 nitrogen and oxygen atoms in total. The van der Waals surface area contributed by atoms with Gasteiger partial charge in [-0.3, -0.25) is 9.00 Å². The first-order valence-electron chi connectivity index (χ1n) is 10.2. The van der Waals surface area contributed by atoms with Crippen LogP contribution in [0.4, 0.5) is 18.9 Å². The molecule has 1 fully saturated rings. The Morgan fingerprint density at radius 3 is 2.57 bits per heavy atom. The summed E-state index contributed by atoms with van der Waals surface area (Å²) in [7, 11) is -1.03. The van der Waals surface area contributed by atoms with E-state index in [1.54, 1.807) is 0 Å². The van der Waals surface area contributed by atoms with Crippen LogP contribution in [0.3, 0.4) is 0 Å². The third-order valence-electron chi connectivity index (χ3n) is 4.79. The summed E-state index contributed by atoms with van der Waals surface area (Å²) in [5, 5.41) is 6.80. The minimum Gasteiger partial charge on any atom is -0.439 e. The third kappa shape index (κ3) is 6.50. The van der Waals surface area contributed by atoms with Gasteiger partial charge in [-0.05, 0) is 30.3 Å². The molecule has 186 valence electrons. The molecular weight excluding hydrogens is 513 g/mol. The highest BCUT2D eigenvalue weighted by molar-refractivity contribution is 7.85. The van der Waals surface area contributed by atoms with Gasteiger partial charge in [0, 0.05) is 29.2 Å². The fraction of sp³-hybridized carbons (Fsp3) is 0.286. The molecular formula is C21H18ClF3N4O5S. The molecule has 35 heavy (non-hydrogen) atoms. The lowest BCUT2D eigenvalue weighted by atomic mass is 10.3. The largest absolute Gasteiger partial charge is 0.573 e. The number of hydrogen-bond donors (Lipinski definition) is 1. The van der Waals surface area contributed by atoms with Crippen LogP contribution in [0.1, 0.15) is 0 Å². The van der Waals surface area contributed by atoms with E-state index in [9.17, 15) is 22.2 Å². The highest BCUT2D eigenvalue weighted by Gasteiger charge is 2.31. The van der Waals surface area contributed by atoms with Crippen molar-refractivity contribution in [3.8, 4) is 23.1 Å². The van der Waals surface area contributed by atoms with Crippen molar-refractivity contribution in [2.45, 2.75) is 11.6 Å². The summed E-state index contributed by atoms with van der Waals surface area (Å²) in [5.41, 5.74) is 0.0290. The predicted molar refractivity (Wildman–Crippen MR) is 122 cm³/mol. The molecule has 0 aliphatic carbocycles. The summed E-state index contributed by atoms with van der Waals surface area (Å²) < 4.78 is 64.5. The van der Waals surface area contributed by atoms with Crippen molar-refractivity contribution < 1.29 is 31.6 Å². The summed E-state index contributed by atoms with van der Waals surface area (Å²) in [5.74, 6) is 0.453. The number of nitrogens with one attached hydrogen (secondary N) is 1. The summed E-state index contributed by atoms with van der Waals surface area (Å²) in [6.07, 6.45) is -2.07.